The minimum absolute atomic E-state index is 0.325. The highest BCUT2D eigenvalue weighted by Gasteiger charge is 2.16. The van der Waals surface area contributed by atoms with Gasteiger partial charge in [0.1, 0.15) is 17.5 Å². The lowest BCUT2D eigenvalue weighted by atomic mass is 10.1. The number of nitriles is 1. The fourth-order valence-corrected chi connectivity index (χ4v) is 2.50. The number of anilines is 1. The van der Waals surface area contributed by atoms with E-state index < -0.39 is 17.8 Å². The number of primary amides is 1. The lowest BCUT2D eigenvalue weighted by molar-refractivity contribution is -0.115. The van der Waals surface area contributed by atoms with Crippen LogP contribution >= 0.6 is 0 Å². The molecule has 0 atom stereocenters. The minimum Gasteiger partial charge on any atom is -0.369 e. The molecule has 1 aromatic carbocycles. The molecule has 3 amide bonds. The molecule has 120 valence electrons. The van der Waals surface area contributed by atoms with Crippen LogP contribution in [0.4, 0.5) is 14.9 Å². The van der Waals surface area contributed by atoms with Crippen molar-refractivity contribution in [3.8, 4) is 6.07 Å². The second kappa shape index (κ2) is 7.40. The highest BCUT2D eigenvalue weighted by molar-refractivity contribution is 6.08. The van der Waals surface area contributed by atoms with Gasteiger partial charge < -0.3 is 10.6 Å². The third-order valence-electron chi connectivity index (χ3n) is 3.58. The van der Waals surface area contributed by atoms with Gasteiger partial charge in [0, 0.05) is 13.1 Å². The van der Waals surface area contributed by atoms with Crippen LogP contribution in [-0.2, 0) is 4.79 Å². The normalized spacial score (nSPS) is 15.0. The number of imide groups is 1. The summed E-state index contributed by atoms with van der Waals surface area (Å²) in [5.74, 6) is -1.33. The van der Waals surface area contributed by atoms with Gasteiger partial charge in [0.2, 0.25) is 0 Å². The van der Waals surface area contributed by atoms with E-state index in [-0.39, 0.29) is 5.57 Å². The number of halogens is 1. The standard InChI is InChI=1S/C16H17FN4O2/c17-13-9-11(8-12(10-18)15(22)20-16(19)23)4-5-14(13)21-6-2-1-3-7-21/h4-5,8-9H,1-3,6-7H2,(H3,19,20,22,23)/b12-8-. The third kappa shape index (κ3) is 4.30. The monoisotopic (exact) mass is 316 g/mol. The topological polar surface area (TPSA) is 99.2 Å². The first-order chi connectivity index (χ1) is 11.0. The van der Waals surface area contributed by atoms with Crippen molar-refractivity contribution in [2.24, 2.45) is 5.73 Å². The van der Waals surface area contributed by atoms with Crippen molar-refractivity contribution in [3.05, 3.63) is 35.2 Å². The van der Waals surface area contributed by atoms with E-state index in [1.807, 2.05) is 4.90 Å². The first-order valence-corrected chi connectivity index (χ1v) is 7.28. The summed E-state index contributed by atoms with van der Waals surface area (Å²) in [6.45, 7) is 1.63. The minimum atomic E-state index is -1.05. The lowest BCUT2D eigenvalue weighted by Crippen LogP contribution is -2.35. The van der Waals surface area contributed by atoms with Gasteiger partial charge in [0.15, 0.2) is 0 Å². The van der Waals surface area contributed by atoms with Gasteiger partial charge in [-0.15, -0.1) is 0 Å². The van der Waals surface area contributed by atoms with E-state index >= 15 is 0 Å². The van der Waals surface area contributed by atoms with Crippen molar-refractivity contribution in [3.63, 3.8) is 0 Å². The molecule has 0 unspecified atom stereocenters. The largest absolute Gasteiger partial charge is 0.369 e. The van der Waals surface area contributed by atoms with E-state index in [4.69, 9.17) is 11.0 Å². The van der Waals surface area contributed by atoms with Gasteiger partial charge in [-0.1, -0.05) is 6.07 Å². The van der Waals surface area contributed by atoms with E-state index in [0.29, 0.717) is 11.3 Å². The molecule has 2 rings (SSSR count). The van der Waals surface area contributed by atoms with Crippen LogP contribution in [0.1, 0.15) is 24.8 Å². The first kappa shape index (κ1) is 16.5. The summed E-state index contributed by atoms with van der Waals surface area (Å²) in [5.41, 5.74) is 5.38. The Hall–Kier alpha value is -2.88. The van der Waals surface area contributed by atoms with Gasteiger partial charge in [-0.2, -0.15) is 5.26 Å². The molecule has 1 fully saturated rings. The fraction of sp³-hybridized carbons (Fsp3) is 0.312. The van der Waals surface area contributed by atoms with Crippen LogP contribution in [0.3, 0.4) is 0 Å². The molecule has 0 radical (unpaired) electrons. The Kier molecular flexibility index (Phi) is 5.31. The van der Waals surface area contributed by atoms with Crippen LogP contribution < -0.4 is 16.0 Å². The van der Waals surface area contributed by atoms with Crippen molar-refractivity contribution in [2.45, 2.75) is 19.3 Å². The maximum Gasteiger partial charge on any atom is 0.319 e. The maximum atomic E-state index is 14.3. The molecule has 3 N–H and O–H groups in total. The molecule has 23 heavy (non-hydrogen) atoms. The Morgan fingerprint density at radius 3 is 2.57 bits per heavy atom. The van der Waals surface area contributed by atoms with Crippen LogP contribution in [0, 0.1) is 17.1 Å². The van der Waals surface area contributed by atoms with Crippen molar-refractivity contribution < 1.29 is 14.0 Å². The number of carbonyl (C=O) groups excluding carboxylic acids is 2. The Labute approximate surface area is 133 Å². The molecule has 0 aliphatic carbocycles. The van der Waals surface area contributed by atoms with Crippen molar-refractivity contribution in [1.29, 1.82) is 5.26 Å². The van der Waals surface area contributed by atoms with Crippen LogP contribution in [0.2, 0.25) is 0 Å². The van der Waals surface area contributed by atoms with Gasteiger partial charge in [-0.3, -0.25) is 10.1 Å². The molecular formula is C16H17FN4O2. The van der Waals surface area contributed by atoms with Crippen LogP contribution in [0.15, 0.2) is 23.8 Å². The van der Waals surface area contributed by atoms with E-state index in [0.717, 1.165) is 32.4 Å². The van der Waals surface area contributed by atoms with Crippen molar-refractivity contribution >= 4 is 23.7 Å². The Morgan fingerprint density at radius 1 is 1.30 bits per heavy atom. The molecule has 1 aromatic rings. The van der Waals surface area contributed by atoms with Gasteiger partial charge in [0.05, 0.1) is 5.69 Å². The number of nitrogens with two attached hydrogens (primary N) is 1. The number of nitrogens with one attached hydrogen (secondary N) is 1. The van der Waals surface area contributed by atoms with Crippen LogP contribution in [0.25, 0.3) is 6.08 Å². The van der Waals surface area contributed by atoms with Gasteiger partial charge in [-0.05, 0) is 43.0 Å². The number of benzene rings is 1. The molecule has 1 heterocycles. The molecule has 0 aromatic heterocycles. The average molecular weight is 316 g/mol. The van der Waals surface area contributed by atoms with E-state index in [2.05, 4.69) is 0 Å². The summed E-state index contributed by atoms with van der Waals surface area (Å²) >= 11 is 0. The fourth-order valence-electron chi connectivity index (χ4n) is 2.50. The molecule has 1 aliphatic rings. The van der Waals surface area contributed by atoms with Gasteiger partial charge in [-0.25, -0.2) is 9.18 Å². The number of piperidine rings is 1. The summed E-state index contributed by atoms with van der Waals surface area (Å²) in [5, 5.41) is 10.8. The molecular weight excluding hydrogens is 299 g/mol. The number of urea groups is 1. The summed E-state index contributed by atoms with van der Waals surface area (Å²) < 4.78 is 14.3. The van der Waals surface area contributed by atoms with Crippen LogP contribution in [-0.4, -0.2) is 25.0 Å². The summed E-state index contributed by atoms with van der Waals surface area (Å²) in [6.07, 6.45) is 4.43. The van der Waals surface area contributed by atoms with Gasteiger partial charge >= 0.3 is 6.03 Å². The predicted molar refractivity (Wildman–Crippen MR) is 83.8 cm³/mol. The van der Waals surface area contributed by atoms with E-state index in [9.17, 15) is 14.0 Å². The van der Waals surface area contributed by atoms with E-state index in [1.54, 1.807) is 23.5 Å². The maximum absolute atomic E-state index is 14.3. The zero-order valence-electron chi connectivity index (χ0n) is 12.5. The molecule has 7 heteroatoms. The number of hydrogen-bond acceptors (Lipinski definition) is 4. The summed E-state index contributed by atoms with van der Waals surface area (Å²) in [7, 11) is 0. The van der Waals surface area contributed by atoms with Crippen molar-refractivity contribution in [1.82, 2.24) is 5.32 Å². The van der Waals surface area contributed by atoms with Crippen LogP contribution in [0.5, 0.6) is 0 Å². The lowest BCUT2D eigenvalue weighted by Gasteiger charge is -2.29. The SMILES string of the molecule is N#C/C(=C/c1ccc(N2CCCCC2)c(F)c1)C(=O)NC(N)=O. The average Bonchev–Trinajstić information content (AvgIpc) is 2.52. The first-order valence-electron chi connectivity index (χ1n) is 7.28. The molecule has 0 saturated carbocycles. The predicted octanol–water partition coefficient (Wildman–Crippen LogP) is 1.92. The molecule has 6 nitrogen and oxygen atoms in total. The number of hydrogen-bond donors (Lipinski definition) is 2. The van der Waals surface area contributed by atoms with Crippen molar-refractivity contribution in [2.75, 3.05) is 18.0 Å². The molecule has 1 saturated heterocycles. The number of rotatable bonds is 3. The Balaban J connectivity index is 2.21. The third-order valence-corrected chi connectivity index (χ3v) is 3.58. The highest BCUT2D eigenvalue weighted by atomic mass is 19.1. The molecule has 0 bridgehead atoms. The zero-order valence-corrected chi connectivity index (χ0v) is 12.5. The molecule has 1 aliphatic heterocycles. The summed E-state index contributed by atoms with van der Waals surface area (Å²) in [6, 6.07) is 5.13. The zero-order chi connectivity index (χ0) is 16.8. The second-order valence-corrected chi connectivity index (χ2v) is 5.25. The number of nitrogens with zero attached hydrogens (tertiary/aromatic N) is 2. The van der Waals surface area contributed by atoms with E-state index in [1.165, 1.54) is 12.1 Å². The number of amides is 3. The molecule has 0 spiro atoms. The highest BCUT2D eigenvalue weighted by Crippen LogP contribution is 2.24. The Morgan fingerprint density at radius 2 is 2.00 bits per heavy atom. The summed E-state index contributed by atoms with van der Waals surface area (Å²) in [4.78, 5) is 24.2. The smallest absolute Gasteiger partial charge is 0.319 e. The Bertz CT molecular complexity index is 688. The quantitative estimate of drug-likeness (QED) is 0.657. The number of carbonyl (C=O) groups is 2. The van der Waals surface area contributed by atoms with Gasteiger partial charge in [0.25, 0.3) is 5.91 Å². The second-order valence-electron chi connectivity index (χ2n) is 5.25.